The average molecular weight is 215 g/mol. The monoisotopic (exact) mass is 215 g/mol. The lowest BCUT2D eigenvalue weighted by atomic mass is 10.1. The quantitative estimate of drug-likeness (QED) is 0.781. The number of pyridine rings is 1. The fourth-order valence-corrected chi connectivity index (χ4v) is 1.61. The summed E-state index contributed by atoms with van der Waals surface area (Å²) in [6.07, 6.45) is 1.70. The molecule has 0 unspecified atom stereocenters. The Morgan fingerprint density at radius 3 is 2.47 bits per heavy atom. The molecule has 1 heterocycles. The maximum Gasteiger partial charge on any atom is 0.217 e. The van der Waals surface area contributed by atoms with Crippen LogP contribution in [0.25, 0.3) is 11.3 Å². The molecular formula is C12H9NOS. The van der Waals surface area contributed by atoms with Gasteiger partial charge in [-0.1, -0.05) is 24.3 Å². The second kappa shape index (κ2) is 4.28. The Morgan fingerprint density at radius 1 is 1.07 bits per heavy atom. The highest BCUT2D eigenvalue weighted by molar-refractivity contribution is 7.97. The van der Waals surface area contributed by atoms with Crippen molar-refractivity contribution in [3.63, 3.8) is 0 Å². The van der Waals surface area contributed by atoms with Crippen molar-refractivity contribution in [1.82, 2.24) is 4.98 Å². The van der Waals surface area contributed by atoms with Gasteiger partial charge in [0, 0.05) is 17.3 Å². The third-order valence-corrected chi connectivity index (χ3v) is 2.34. The lowest BCUT2D eigenvalue weighted by Gasteiger charge is -2.04. The van der Waals surface area contributed by atoms with E-state index in [-0.39, 0.29) is 5.12 Å². The number of carbonyl (C=O) groups excluding carboxylic acids is 1. The Morgan fingerprint density at radius 2 is 1.80 bits per heavy atom. The summed E-state index contributed by atoms with van der Waals surface area (Å²) < 4.78 is 0. The van der Waals surface area contributed by atoms with Crippen molar-refractivity contribution >= 4 is 17.7 Å². The van der Waals surface area contributed by atoms with Gasteiger partial charge in [-0.2, -0.15) is 0 Å². The van der Waals surface area contributed by atoms with Crippen LogP contribution < -0.4 is 0 Å². The fraction of sp³-hybridized carbons (Fsp3) is 0. The van der Waals surface area contributed by atoms with Crippen LogP contribution in [-0.2, 0) is 0 Å². The smallest absolute Gasteiger partial charge is 0.217 e. The van der Waals surface area contributed by atoms with Gasteiger partial charge in [0.2, 0.25) is 5.12 Å². The lowest BCUT2D eigenvalue weighted by molar-refractivity contribution is 0.109. The van der Waals surface area contributed by atoms with E-state index in [1.807, 2.05) is 36.4 Å². The molecule has 0 atom stereocenters. The summed E-state index contributed by atoms with van der Waals surface area (Å²) in [5.74, 6) is 0. The minimum absolute atomic E-state index is 0.240. The van der Waals surface area contributed by atoms with Crippen LogP contribution in [0, 0.1) is 0 Å². The molecule has 2 rings (SSSR count). The first-order valence-corrected chi connectivity index (χ1v) is 4.97. The van der Waals surface area contributed by atoms with Crippen molar-refractivity contribution < 1.29 is 4.79 Å². The molecular weight excluding hydrogens is 206 g/mol. The van der Waals surface area contributed by atoms with Gasteiger partial charge in [-0.15, -0.1) is 12.6 Å². The lowest BCUT2D eigenvalue weighted by Crippen LogP contribution is -1.94. The Balaban J connectivity index is 2.58. The number of hydrogen-bond donors (Lipinski definition) is 1. The first kappa shape index (κ1) is 9.93. The third kappa shape index (κ3) is 2.07. The number of aromatic nitrogens is 1. The van der Waals surface area contributed by atoms with Crippen LogP contribution in [0.2, 0.25) is 0 Å². The molecule has 15 heavy (non-hydrogen) atoms. The molecule has 0 saturated heterocycles. The second-order valence-electron chi connectivity index (χ2n) is 3.07. The van der Waals surface area contributed by atoms with Crippen LogP contribution in [-0.4, -0.2) is 10.1 Å². The maximum absolute atomic E-state index is 11.3. The Bertz CT molecular complexity index is 482. The maximum atomic E-state index is 11.3. The predicted molar refractivity (Wildman–Crippen MR) is 63.0 cm³/mol. The normalized spacial score (nSPS) is 9.93. The van der Waals surface area contributed by atoms with Crippen LogP contribution >= 0.6 is 12.6 Å². The second-order valence-corrected chi connectivity index (χ2v) is 3.47. The van der Waals surface area contributed by atoms with Gasteiger partial charge in [0.05, 0.1) is 5.69 Å². The molecule has 0 fully saturated rings. The Kier molecular flexibility index (Phi) is 2.83. The molecule has 0 amide bonds. The summed E-state index contributed by atoms with van der Waals surface area (Å²) in [6, 6.07) is 12.9. The molecule has 3 heteroatoms. The van der Waals surface area contributed by atoms with Crippen molar-refractivity contribution in [2.24, 2.45) is 0 Å². The van der Waals surface area contributed by atoms with Gasteiger partial charge in [0.25, 0.3) is 0 Å². The van der Waals surface area contributed by atoms with E-state index < -0.39 is 0 Å². The number of carbonyl (C=O) groups is 1. The number of thiol groups is 1. The van der Waals surface area contributed by atoms with E-state index in [0.717, 1.165) is 11.3 Å². The van der Waals surface area contributed by atoms with E-state index in [2.05, 4.69) is 17.6 Å². The molecule has 0 N–H and O–H groups in total. The molecule has 0 aliphatic carbocycles. The predicted octanol–water partition coefficient (Wildman–Crippen LogP) is 2.82. The molecule has 0 spiro atoms. The molecule has 0 aliphatic heterocycles. The fourth-order valence-electron chi connectivity index (χ4n) is 1.42. The molecule has 0 saturated carbocycles. The molecule has 0 aliphatic rings. The minimum atomic E-state index is -0.240. The largest absolute Gasteiger partial charge is 0.282 e. The summed E-state index contributed by atoms with van der Waals surface area (Å²) in [6.45, 7) is 0. The van der Waals surface area contributed by atoms with Gasteiger partial charge in [-0.25, -0.2) is 0 Å². The highest BCUT2D eigenvalue weighted by Gasteiger charge is 2.08. The van der Waals surface area contributed by atoms with Gasteiger partial charge in [-0.05, 0) is 18.2 Å². The van der Waals surface area contributed by atoms with Crippen molar-refractivity contribution in [3.05, 3.63) is 54.2 Å². The molecule has 1 aromatic carbocycles. The standard InChI is InChI=1S/C12H9NOS/c14-12(15)10-6-2-1-5-9(10)11-7-3-4-8-13-11/h1-8H,(H,14,15). The zero-order valence-electron chi connectivity index (χ0n) is 7.92. The number of benzene rings is 1. The van der Waals surface area contributed by atoms with Crippen LogP contribution in [0.3, 0.4) is 0 Å². The highest BCUT2D eigenvalue weighted by Crippen LogP contribution is 2.22. The van der Waals surface area contributed by atoms with Crippen LogP contribution in [0.15, 0.2) is 48.7 Å². The minimum Gasteiger partial charge on any atom is -0.282 e. The van der Waals surface area contributed by atoms with E-state index in [9.17, 15) is 4.79 Å². The van der Waals surface area contributed by atoms with Crippen molar-refractivity contribution in [1.29, 1.82) is 0 Å². The molecule has 74 valence electrons. The molecule has 0 bridgehead atoms. The Labute approximate surface area is 93.4 Å². The van der Waals surface area contributed by atoms with E-state index in [4.69, 9.17) is 0 Å². The van der Waals surface area contributed by atoms with E-state index in [1.54, 1.807) is 12.3 Å². The van der Waals surface area contributed by atoms with Gasteiger partial charge >= 0.3 is 0 Å². The van der Waals surface area contributed by atoms with Crippen LogP contribution in [0.5, 0.6) is 0 Å². The SMILES string of the molecule is O=C(S)c1ccccc1-c1ccccn1. The summed E-state index contributed by atoms with van der Waals surface area (Å²) >= 11 is 3.84. The number of nitrogens with zero attached hydrogens (tertiary/aromatic N) is 1. The van der Waals surface area contributed by atoms with Crippen LogP contribution in [0.4, 0.5) is 0 Å². The van der Waals surface area contributed by atoms with Gasteiger partial charge in [0.15, 0.2) is 0 Å². The zero-order chi connectivity index (χ0) is 10.7. The first-order chi connectivity index (χ1) is 7.29. The van der Waals surface area contributed by atoms with Gasteiger partial charge < -0.3 is 0 Å². The van der Waals surface area contributed by atoms with Crippen molar-refractivity contribution in [2.75, 3.05) is 0 Å². The van der Waals surface area contributed by atoms with E-state index in [0.29, 0.717) is 5.56 Å². The van der Waals surface area contributed by atoms with E-state index in [1.165, 1.54) is 0 Å². The summed E-state index contributed by atoms with van der Waals surface area (Å²) in [4.78, 5) is 15.5. The molecule has 0 radical (unpaired) electrons. The zero-order valence-corrected chi connectivity index (χ0v) is 8.82. The molecule has 2 nitrogen and oxygen atoms in total. The van der Waals surface area contributed by atoms with Crippen LogP contribution in [0.1, 0.15) is 10.4 Å². The Hall–Kier alpha value is -1.61. The summed E-state index contributed by atoms with van der Waals surface area (Å²) in [5, 5.41) is -0.240. The van der Waals surface area contributed by atoms with E-state index >= 15 is 0 Å². The average Bonchev–Trinajstić information content (AvgIpc) is 2.30. The van der Waals surface area contributed by atoms with Gasteiger partial charge in [-0.3, -0.25) is 9.78 Å². The summed E-state index contributed by atoms with van der Waals surface area (Å²) in [7, 11) is 0. The van der Waals surface area contributed by atoms with Crippen molar-refractivity contribution in [2.45, 2.75) is 0 Å². The number of rotatable bonds is 2. The molecule has 2 aromatic rings. The summed E-state index contributed by atoms with van der Waals surface area (Å²) in [5.41, 5.74) is 2.19. The first-order valence-electron chi connectivity index (χ1n) is 4.53. The highest BCUT2D eigenvalue weighted by atomic mass is 32.1. The number of hydrogen-bond acceptors (Lipinski definition) is 2. The third-order valence-electron chi connectivity index (χ3n) is 2.10. The topological polar surface area (TPSA) is 30.0 Å². The molecule has 1 aromatic heterocycles. The van der Waals surface area contributed by atoms with Gasteiger partial charge in [0.1, 0.15) is 0 Å². The van der Waals surface area contributed by atoms with Crippen molar-refractivity contribution in [3.8, 4) is 11.3 Å².